The summed E-state index contributed by atoms with van der Waals surface area (Å²) in [5, 5.41) is 7.83. The van der Waals surface area contributed by atoms with Gasteiger partial charge in [0, 0.05) is 23.8 Å². The van der Waals surface area contributed by atoms with Gasteiger partial charge >= 0.3 is 0 Å². The summed E-state index contributed by atoms with van der Waals surface area (Å²) in [6.07, 6.45) is 7.62. The van der Waals surface area contributed by atoms with Gasteiger partial charge in [0.15, 0.2) is 0 Å². The number of benzene rings is 1. The maximum absolute atomic E-state index is 4.19. The first-order valence-corrected chi connectivity index (χ1v) is 7.96. The first kappa shape index (κ1) is 13.8. The van der Waals surface area contributed by atoms with Crippen LogP contribution in [0.5, 0.6) is 0 Å². The van der Waals surface area contributed by atoms with Crippen LogP contribution in [0.3, 0.4) is 0 Å². The van der Waals surface area contributed by atoms with Crippen molar-refractivity contribution in [3.63, 3.8) is 0 Å². The van der Waals surface area contributed by atoms with E-state index in [4.69, 9.17) is 0 Å². The van der Waals surface area contributed by atoms with Gasteiger partial charge in [0.05, 0.1) is 6.20 Å². The second-order valence-electron chi connectivity index (χ2n) is 5.64. The van der Waals surface area contributed by atoms with Gasteiger partial charge in [-0.15, -0.1) is 0 Å². The zero-order valence-electron chi connectivity index (χ0n) is 11.7. The summed E-state index contributed by atoms with van der Waals surface area (Å²) in [7, 11) is 1.96. The molecule has 0 saturated heterocycles. The van der Waals surface area contributed by atoms with E-state index >= 15 is 0 Å². The number of halogens is 1. The van der Waals surface area contributed by atoms with Crippen LogP contribution in [-0.4, -0.2) is 22.4 Å². The Balaban J connectivity index is 1.39. The molecule has 1 aromatic carbocycles. The number of nitrogens with zero attached hydrogens (tertiary/aromatic N) is 2. The molecule has 1 saturated carbocycles. The second kappa shape index (κ2) is 6.10. The lowest BCUT2D eigenvalue weighted by molar-refractivity contribution is 0.293. The van der Waals surface area contributed by atoms with Gasteiger partial charge in [0.25, 0.3) is 0 Å². The standard InChI is InChI=1S/C16H20BrN3/c1-20-11-12(10-19-20)6-7-18-16-8-14(9-16)13-2-4-15(17)5-3-13/h2-5,10-11,14,16,18H,6-9H2,1H3. The van der Waals surface area contributed by atoms with Crippen LogP contribution in [0, 0.1) is 0 Å². The molecule has 1 aromatic heterocycles. The van der Waals surface area contributed by atoms with Gasteiger partial charge in [-0.2, -0.15) is 5.10 Å². The molecule has 1 aliphatic carbocycles. The van der Waals surface area contributed by atoms with E-state index < -0.39 is 0 Å². The van der Waals surface area contributed by atoms with Crippen LogP contribution >= 0.6 is 15.9 Å². The van der Waals surface area contributed by atoms with E-state index in [2.05, 4.69) is 56.8 Å². The minimum absolute atomic E-state index is 0.681. The van der Waals surface area contributed by atoms with E-state index in [1.165, 1.54) is 24.0 Å². The molecule has 0 unspecified atom stereocenters. The van der Waals surface area contributed by atoms with Crippen molar-refractivity contribution in [3.8, 4) is 0 Å². The highest BCUT2D eigenvalue weighted by Crippen LogP contribution is 2.37. The van der Waals surface area contributed by atoms with Crippen molar-refractivity contribution in [2.45, 2.75) is 31.2 Å². The van der Waals surface area contributed by atoms with Crippen molar-refractivity contribution in [3.05, 3.63) is 52.3 Å². The third kappa shape index (κ3) is 3.30. The highest BCUT2D eigenvalue weighted by atomic mass is 79.9. The van der Waals surface area contributed by atoms with Crippen LogP contribution in [0.15, 0.2) is 41.1 Å². The van der Waals surface area contributed by atoms with Crippen molar-refractivity contribution in [1.29, 1.82) is 0 Å². The Morgan fingerprint density at radius 2 is 2.05 bits per heavy atom. The molecule has 1 heterocycles. The molecule has 1 fully saturated rings. The van der Waals surface area contributed by atoms with Gasteiger partial charge in [-0.25, -0.2) is 0 Å². The highest BCUT2D eigenvalue weighted by molar-refractivity contribution is 9.10. The summed E-state index contributed by atoms with van der Waals surface area (Å²) in [5.41, 5.74) is 2.78. The molecule has 1 N–H and O–H groups in total. The molecule has 0 spiro atoms. The molecule has 0 radical (unpaired) electrons. The molecular weight excluding hydrogens is 314 g/mol. The fraction of sp³-hybridized carbons (Fsp3) is 0.438. The van der Waals surface area contributed by atoms with E-state index in [1.807, 2.05) is 17.9 Å². The van der Waals surface area contributed by atoms with E-state index in [-0.39, 0.29) is 0 Å². The summed E-state index contributed by atoms with van der Waals surface area (Å²) < 4.78 is 3.02. The van der Waals surface area contributed by atoms with E-state index in [0.717, 1.165) is 23.4 Å². The molecule has 4 heteroatoms. The largest absolute Gasteiger partial charge is 0.314 e. The van der Waals surface area contributed by atoms with Gasteiger partial charge in [-0.05, 0) is 55.0 Å². The zero-order chi connectivity index (χ0) is 13.9. The van der Waals surface area contributed by atoms with Crippen LogP contribution in [0.2, 0.25) is 0 Å². The van der Waals surface area contributed by atoms with Crippen LogP contribution < -0.4 is 5.32 Å². The molecule has 0 amide bonds. The number of hydrogen-bond donors (Lipinski definition) is 1. The number of rotatable bonds is 5. The van der Waals surface area contributed by atoms with Crippen molar-refractivity contribution in [2.24, 2.45) is 7.05 Å². The minimum atomic E-state index is 0.681. The van der Waals surface area contributed by atoms with Crippen molar-refractivity contribution in [1.82, 2.24) is 15.1 Å². The Morgan fingerprint density at radius 3 is 2.70 bits per heavy atom. The molecule has 3 rings (SSSR count). The van der Waals surface area contributed by atoms with Crippen LogP contribution in [0.4, 0.5) is 0 Å². The predicted octanol–water partition coefficient (Wildman–Crippen LogP) is 3.26. The van der Waals surface area contributed by atoms with Crippen LogP contribution in [0.1, 0.15) is 29.9 Å². The SMILES string of the molecule is Cn1cc(CCNC2CC(c3ccc(Br)cc3)C2)cn1. The Morgan fingerprint density at radius 1 is 1.30 bits per heavy atom. The number of aryl methyl sites for hydroxylation is 1. The zero-order valence-corrected chi connectivity index (χ0v) is 13.3. The van der Waals surface area contributed by atoms with Gasteiger partial charge in [-0.1, -0.05) is 28.1 Å². The average Bonchev–Trinajstić information content (AvgIpc) is 2.80. The molecule has 0 atom stereocenters. The monoisotopic (exact) mass is 333 g/mol. The molecule has 106 valence electrons. The normalized spacial score (nSPS) is 21.7. The fourth-order valence-corrected chi connectivity index (χ4v) is 3.08. The molecule has 2 aromatic rings. The number of nitrogens with one attached hydrogen (secondary N) is 1. The quantitative estimate of drug-likeness (QED) is 0.910. The maximum Gasteiger partial charge on any atom is 0.0522 e. The molecule has 0 aliphatic heterocycles. The molecule has 1 aliphatic rings. The van der Waals surface area contributed by atoms with E-state index in [1.54, 1.807) is 0 Å². The average molecular weight is 334 g/mol. The maximum atomic E-state index is 4.19. The second-order valence-corrected chi connectivity index (χ2v) is 6.56. The smallest absolute Gasteiger partial charge is 0.0522 e. The van der Waals surface area contributed by atoms with Crippen molar-refractivity contribution in [2.75, 3.05) is 6.54 Å². The summed E-state index contributed by atoms with van der Waals surface area (Å²) >= 11 is 3.49. The molecule has 3 nitrogen and oxygen atoms in total. The third-order valence-electron chi connectivity index (χ3n) is 4.08. The first-order chi connectivity index (χ1) is 9.70. The summed E-state index contributed by atoms with van der Waals surface area (Å²) in [4.78, 5) is 0. The Kier molecular flexibility index (Phi) is 4.22. The van der Waals surface area contributed by atoms with Gasteiger partial charge in [0.2, 0.25) is 0 Å². The predicted molar refractivity (Wildman–Crippen MR) is 84.8 cm³/mol. The molecule has 0 bridgehead atoms. The molecule has 20 heavy (non-hydrogen) atoms. The Bertz CT molecular complexity index is 555. The number of aromatic nitrogens is 2. The number of hydrogen-bond acceptors (Lipinski definition) is 2. The summed E-state index contributed by atoms with van der Waals surface area (Å²) in [6, 6.07) is 9.43. The van der Waals surface area contributed by atoms with E-state index in [9.17, 15) is 0 Å². The van der Waals surface area contributed by atoms with Gasteiger partial charge < -0.3 is 5.32 Å². The first-order valence-electron chi connectivity index (χ1n) is 7.17. The highest BCUT2D eigenvalue weighted by Gasteiger charge is 2.29. The minimum Gasteiger partial charge on any atom is -0.314 e. The van der Waals surface area contributed by atoms with Crippen LogP contribution in [0.25, 0.3) is 0 Å². The Labute approximate surface area is 128 Å². The van der Waals surface area contributed by atoms with Gasteiger partial charge in [-0.3, -0.25) is 4.68 Å². The van der Waals surface area contributed by atoms with Crippen molar-refractivity contribution < 1.29 is 0 Å². The van der Waals surface area contributed by atoms with Crippen LogP contribution in [-0.2, 0) is 13.5 Å². The lowest BCUT2D eigenvalue weighted by Gasteiger charge is -2.36. The van der Waals surface area contributed by atoms with Crippen molar-refractivity contribution >= 4 is 15.9 Å². The third-order valence-corrected chi connectivity index (χ3v) is 4.61. The Hall–Kier alpha value is -1.13. The molecular formula is C16H20BrN3. The summed E-state index contributed by atoms with van der Waals surface area (Å²) in [6.45, 7) is 1.05. The summed E-state index contributed by atoms with van der Waals surface area (Å²) in [5.74, 6) is 0.735. The topological polar surface area (TPSA) is 29.9 Å². The lowest BCUT2D eigenvalue weighted by atomic mass is 9.76. The lowest BCUT2D eigenvalue weighted by Crippen LogP contribution is -2.40. The van der Waals surface area contributed by atoms with Gasteiger partial charge in [0.1, 0.15) is 0 Å². The van der Waals surface area contributed by atoms with E-state index in [0.29, 0.717) is 6.04 Å². The fourth-order valence-electron chi connectivity index (χ4n) is 2.81.